The normalized spacial score (nSPS) is 11.2. The summed E-state index contributed by atoms with van der Waals surface area (Å²) in [5, 5.41) is 20.8. The average Bonchev–Trinajstić information content (AvgIpc) is 2.27. The van der Waals surface area contributed by atoms with Gasteiger partial charge in [-0.2, -0.15) is 0 Å². The molecule has 0 fully saturated rings. The number of carboxylic acids is 1. The lowest BCUT2D eigenvalue weighted by molar-refractivity contribution is 0.0690. The zero-order chi connectivity index (χ0) is 12.2. The van der Waals surface area contributed by atoms with Crippen molar-refractivity contribution in [2.75, 3.05) is 18.5 Å². The van der Waals surface area contributed by atoms with Crippen molar-refractivity contribution in [3.8, 4) is 0 Å². The standard InChI is InChI=1S/C11H16N2O3/c1-11(2,7-14)6-13-8-3-4-9(10(15)16)12-5-8/h3-5,13-14H,6-7H2,1-2H3,(H,15,16). The van der Waals surface area contributed by atoms with E-state index in [0.29, 0.717) is 6.54 Å². The number of hydrogen-bond acceptors (Lipinski definition) is 4. The maximum absolute atomic E-state index is 10.6. The highest BCUT2D eigenvalue weighted by molar-refractivity contribution is 5.85. The summed E-state index contributed by atoms with van der Waals surface area (Å²) in [4.78, 5) is 14.3. The Morgan fingerprint density at radius 1 is 1.50 bits per heavy atom. The van der Waals surface area contributed by atoms with Crippen LogP contribution in [0.1, 0.15) is 24.3 Å². The number of hydrogen-bond donors (Lipinski definition) is 3. The summed E-state index contributed by atoms with van der Waals surface area (Å²) in [6.07, 6.45) is 1.47. The summed E-state index contributed by atoms with van der Waals surface area (Å²) in [6.45, 7) is 4.54. The highest BCUT2D eigenvalue weighted by Crippen LogP contribution is 2.15. The molecule has 0 aliphatic rings. The van der Waals surface area contributed by atoms with Gasteiger partial charge in [0.05, 0.1) is 11.9 Å². The lowest BCUT2D eigenvalue weighted by Crippen LogP contribution is -2.26. The van der Waals surface area contributed by atoms with Crippen molar-refractivity contribution in [1.29, 1.82) is 0 Å². The van der Waals surface area contributed by atoms with Crippen LogP contribution in [0.4, 0.5) is 5.69 Å². The van der Waals surface area contributed by atoms with Crippen LogP contribution < -0.4 is 5.32 Å². The average molecular weight is 224 g/mol. The second kappa shape index (κ2) is 4.94. The highest BCUT2D eigenvalue weighted by Gasteiger charge is 2.15. The number of carboxylic acid groups (broad SMARTS) is 1. The van der Waals surface area contributed by atoms with E-state index < -0.39 is 5.97 Å². The minimum absolute atomic E-state index is 0.0203. The largest absolute Gasteiger partial charge is 0.477 e. The molecule has 0 amide bonds. The van der Waals surface area contributed by atoms with Crippen molar-refractivity contribution in [2.45, 2.75) is 13.8 Å². The number of nitrogens with zero attached hydrogens (tertiary/aromatic N) is 1. The van der Waals surface area contributed by atoms with Gasteiger partial charge in [-0.05, 0) is 12.1 Å². The van der Waals surface area contributed by atoms with Crippen molar-refractivity contribution < 1.29 is 15.0 Å². The van der Waals surface area contributed by atoms with Crippen LogP contribution in [0.5, 0.6) is 0 Å². The SMILES string of the molecule is CC(C)(CO)CNc1ccc(C(=O)O)nc1. The Morgan fingerprint density at radius 2 is 2.19 bits per heavy atom. The topological polar surface area (TPSA) is 82.5 Å². The van der Waals surface area contributed by atoms with E-state index >= 15 is 0 Å². The van der Waals surface area contributed by atoms with Gasteiger partial charge in [0.25, 0.3) is 0 Å². The molecular weight excluding hydrogens is 208 g/mol. The molecule has 0 saturated carbocycles. The Morgan fingerprint density at radius 3 is 2.62 bits per heavy atom. The zero-order valence-electron chi connectivity index (χ0n) is 9.40. The molecule has 1 heterocycles. The van der Waals surface area contributed by atoms with Crippen LogP contribution in [-0.4, -0.2) is 34.3 Å². The van der Waals surface area contributed by atoms with Crippen molar-refractivity contribution in [1.82, 2.24) is 4.98 Å². The molecule has 1 aromatic rings. The third kappa shape index (κ3) is 3.51. The summed E-state index contributed by atoms with van der Waals surface area (Å²) in [5.41, 5.74) is 0.546. The van der Waals surface area contributed by atoms with Crippen molar-refractivity contribution >= 4 is 11.7 Å². The molecule has 1 aromatic heterocycles. The fourth-order valence-electron chi connectivity index (χ4n) is 1.02. The smallest absolute Gasteiger partial charge is 0.354 e. The molecule has 0 aliphatic carbocycles. The number of rotatable bonds is 5. The van der Waals surface area contributed by atoms with Gasteiger partial charge in [0, 0.05) is 18.6 Å². The Labute approximate surface area is 94.1 Å². The van der Waals surface area contributed by atoms with Crippen LogP contribution in [0.25, 0.3) is 0 Å². The Hall–Kier alpha value is -1.62. The maximum atomic E-state index is 10.6. The quantitative estimate of drug-likeness (QED) is 0.700. The summed E-state index contributed by atoms with van der Waals surface area (Å²) in [5.74, 6) is -1.04. The number of aromatic carboxylic acids is 1. The molecule has 3 N–H and O–H groups in total. The predicted octanol–water partition coefficient (Wildman–Crippen LogP) is 1.21. The first-order valence-corrected chi connectivity index (χ1v) is 4.99. The molecular formula is C11H16N2O3. The van der Waals surface area contributed by atoms with E-state index in [0.717, 1.165) is 5.69 Å². The number of nitrogens with one attached hydrogen (secondary N) is 1. The Balaban J connectivity index is 2.59. The van der Waals surface area contributed by atoms with Gasteiger partial charge in [0.15, 0.2) is 0 Å². The first-order chi connectivity index (χ1) is 7.44. The minimum Gasteiger partial charge on any atom is -0.477 e. The van der Waals surface area contributed by atoms with Crippen LogP contribution in [0.2, 0.25) is 0 Å². The summed E-state index contributed by atoms with van der Waals surface area (Å²) in [7, 11) is 0. The van der Waals surface area contributed by atoms with E-state index in [-0.39, 0.29) is 17.7 Å². The molecule has 0 atom stereocenters. The van der Waals surface area contributed by atoms with Gasteiger partial charge in [-0.25, -0.2) is 9.78 Å². The molecule has 0 aromatic carbocycles. The molecule has 0 bridgehead atoms. The molecule has 0 unspecified atom stereocenters. The molecule has 5 nitrogen and oxygen atoms in total. The van der Waals surface area contributed by atoms with E-state index in [1.54, 1.807) is 6.07 Å². The number of anilines is 1. The molecule has 0 aliphatic heterocycles. The first-order valence-electron chi connectivity index (χ1n) is 4.99. The van der Waals surface area contributed by atoms with Gasteiger partial charge in [-0.3, -0.25) is 0 Å². The third-order valence-corrected chi connectivity index (χ3v) is 2.18. The monoisotopic (exact) mass is 224 g/mol. The molecule has 5 heteroatoms. The van der Waals surface area contributed by atoms with E-state index in [1.807, 2.05) is 13.8 Å². The van der Waals surface area contributed by atoms with Crippen LogP contribution in [-0.2, 0) is 0 Å². The van der Waals surface area contributed by atoms with Crippen molar-refractivity contribution in [3.63, 3.8) is 0 Å². The van der Waals surface area contributed by atoms with Gasteiger partial charge in [0.1, 0.15) is 5.69 Å². The fraction of sp³-hybridized carbons (Fsp3) is 0.455. The number of aliphatic hydroxyl groups is 1. The van der Waals surface area contributed by atoms with Gasteiger partial charge < -0.3 is 15.5 Å². The van der Waals surface area contributed by atoms with Crippen molar-refractivity contribution in [2.24, 2.45) is 5.41 Å². The lowest BCUT2D eigenvalue weighted by Gasteiger charge is -2.22. The van der Waals surface area contributed by atoms with Gasteiger partial charge >= 0.3 is 5.97 Å². The molecule has 0 radical (unpaired) electrons. The maximum Gasteiger partial charge on any atom is 0.354 e. The van der Waals surface area contributed by atoms with Crippen LogP contribution in [0.15, 0.2) is 18.3 Å². The van der Waals surface area contributed by atoms with Crippen LogP contribution >= 0.6 is 0 Å². The molecule has 1 rings (SSSR count). The first kappa shape index (κ1) is 12.4. The van der Waals surface area contributed by atoms with Crippen LogP contribution in [0, 0.1) is 5.41 Å². The van der Waals surface area contributed by atoms with E-state index in [1.165, 1.54) is 12.3 Å². The molecule has 0 saturated heterocycles. The van der Waals surface area contributed by atoms with Crippen molar-refractivity contribution in [3.05, 3.63) is 24.0 Å². The Bertz CT molecular complexity index is 360. The lowest BCUT2D eigenvalue weighted by atomic mass is 9.95. The predicted molar refractivity (Wildman–Crippen MR) is 60.6 cm³/mol. The number of aromatic nitrogens is 1. The second-order valence-corrected chi connectivity index (χ2v) is 4.41. The molecule has 88 valence electrons. The highest BCUT2D eigenvalue weighted by atomic mass is 16.4. The minimum atomic E-state index is -1.04. The van der Waals surface area contributed by atoms with E-state index in [2.05, 4.69) is 10.3 Å². The second-order valence-electron chi connectivity index (χ2n) is 4.41. The summed E-state index contributed by atoms with van der Waals surface area (Å²) < 4.78 is 0. The van der Waals surface area contributed by atoms with Gasteiger partial charge in [-0.15, -0.1) is 0 Å². The molecule has 16 heavy (non-hydrogen) atoms. The summed E-state index contributed by atoms with van der Waals surface area (Å²) in [6, 6.07) is 3.10. The number of pyridine rings is 1. The fourth-order valence-corrected chi connectivity index (χ4v) is 1.02. The third-order valence-electron chi connectivity index (χ3n) is 2.18. The number of carbonyl (C=O) groups is 1. The molecule has 0 spiro atoms. The van der Waals surface area contributed by atoms with Gasteiger partial charge in [0.2, 0.25) is 0 Å². The number of aliphatic hydroxyl groups excluding tert-OH is 1. The van der Waals surface area contributed by atoms with E-state index in [4.69, 9.17) is 10.2 Å². The zero-order valence-corrected chi connectivity index (χ0v) is 9.40. The Kier molecular flexibility index (Phi) is 3.84. The van der Waals surface area contributed by atoms with Gasteiger partial charge in [-0.1, -0.05) is 13.8 Å². The summed E-state index contributed by atoms with van der Waals surface area (Å²) >= 11 is 0. The van der Waals surface area contributed by atoms with E-state index in [9.17, 15) is 4.79 Å². The van der Waals surface area contributed by atoms with Crippen LogP contribution in [0.3, 0.4) is 0 Å².